The number of carbonyl (C=O) groups is 1. The summed E-state index contributed by atoms with van der Waals surface area (Å²) in [6.07, 6.45) is 4.54. The van der Waals surface area contributed by atoms with Crippen LogP contribution in [0.15, 0.2) is 29.4 Å². The summed E-state index contributed by atoms with van der Waals surface area (Å²) in [5, 5.41) is 10.4. The van der Waals surface area contributed by atoms with Crippen LogP contribution in [0.3, 0.4) is 0 Å². The minimum Gasteiger partial charge on any atom is -0.336 e. The van der Waals surface area contributed by atoms with Crippen molar-refractivity contribution in [3.63, 3.8) is 0 Å². The zero-order valence-corrected chi connectivity index (χ0v) is 17.2. The number of rotatable bonds is 5. The molecule has 0 spiro atoms. The smallest absolute Gasteiger partial charge is 0.233 e. The van der Waals surface area contributed by atoms with Crippen molar-refractivity contribution >= 4 is 39.2 Å². The quantitative estimate of drug-likeness (QED) is 0.606. The second-order valence-corrected chi connectivity index (χ2v) is 8.85. The summed E-state index contributed by atoms with van der Waals surface area (Å²) in [7, 11) is 1.85. The molecule has 27 heavy (non-hydrogen) atoms. The van der Waals surface area contributed by atoms with Crippen molar-refractivity contribution in [2.75, 3.05) is 12.8 Å². The van der Waals surface area contributed by atoms with Crippen molar-refractivity contribution in [1.29, 1.82) is 0 Å². The number of thioether (sulfide) groups is 1. The van der Waals surface area contributed by atoms with Gasteiger partial charge in [0, 0.05) is 20.0 Å². The van der Waals surface area contributed by atoms with E-state index in [9.17, 15) is 4.79 Å². The molecule has 0 N–H and O–H groups in total. The van der Waals surface area contributed by atoms with E-state index in [1.54, 1.807) is 16.2 Å². The zero-order valence-electron chi connectivity index (χ0n) is 15.6. The number of carbonyl (C=O) groups excluding carboxylic acids is 1. The number of amides is 1. The van der Waals surface area contributed by atoms with Gasteiger partial charge in [-0.2, -0.15) is 0 Å². The van der Waals surface area contributed by atoms with Gasteiger partial charge in [-0.1, -0.05) is 30.3 Å². The van der Waals surface area contributed by atoms with E-state index in [0.29, 0.717) is 5.75 Å². The lowest BCUT2D eigenvalue weighted by Crippen LogP contribution is -2.31. The van der Waals surface area contributed by atoms with Crippen LogP contribution in [0.1, 0.15) is 43.1 Å². The maximum atomic E-state index is 12.7. The third-order valence-corrected chi connectivity index (χ3v) is 7.20. The topological polar surface area (TPSA) is 63.9 Å². The SMILES string of the molecule is C[C@@H](c1nc2ccccc2s1)N(C)C(=O)CSc1nnc2n1CCCCC2. The minimum atomic E-state index is -0.0500. The molecule has 0 saturated heterocycles. The second kappa shape index (κ2) is 7.98. The Bertz CT molecular complexity index is 918. The Hall–Kier alpha value is -1.93. The molecule has 3 aromatic rings. The summed E-state index contributed by atoms with van der Waals surface area (Å²) in [5.74, 6) is 1.50. The van der Waals surface area contributed by atoms with Crippen LogP contribution in [-0.4, -0.2) is 43.4 Å². The van der Waals surface area contributed by atoms with E-state index < -0.39 is 0 Å². The summed E-state index contributed by atoms with van der Waals surface area (Å²) >= 11 is 3.14. The first-order valence-corrected chi connectivity index (χ1v) is 11.1. The summed E-state index contributed by atoms with van der Waals surface area (Å²) in [6.45, 7) is 2.99. The van der Waals surface area contributed by atoms with Gasteiger partial charge >= 0.3 is 0 Å². The summed E-state index contributed by atoms with van der Waals surface area (Å²) in [6, 6.07) is 8.03. The molecule has 0 radical (unpaired) electrons. The van der Waals surface area contributed by atoms with E-state index in [2.05, 4.69) is 25.8 Å². The van der Waals surface area contributed by atoms with Gasteiger partial charge in [0.05, 0.1) is 22.0 Å². The Morgan fingerprint density at radius 2 is 2.15 bits per heavy atom. The summed E-state index contributed by atoms with van der Waals surface area (Å²) < 4.78 is 3.34. The molecule has 1 amide bonds. The van der Waals surface area contributed by atoms with E-state index in [1.165, 1.54) is 24.6 Å². The Balaban J connectivity index is 1.41. The van der Waals surface area contributed by atoms with E-state index in [1.807, 2.05) is 32.2 Å². The van der Waals surface area contributed by atoms with Gasteiger partial charge in [-0.25, -0.2) is 4.98 Å². The highest BCUT2D eigenvalue weighted by Crippen LogP contribution is 2.29. The first-order valence-electron chi connectivity index (χ1n) is 9.29. The highest BCUT2D eigenvalue weighted by molar-refractivity contribution is 7.99. The number of hydrogen-bond acceptors (Lipinski definition) is 6. The Kier molecular flexibility index (Phi) is 5.45. The van der Waals surface area contributed by atoms with Crippen molar-refractivity contribution in [1.82, 2.24) is 24.6 Å². The van der Waals surface area contributed by atoms with Crippen molar-refractivity contribution in [3.05, 3.63) is 35.1 Å². The molecule has 0 bridgehead atoms. The van der Waals surface area contributed by atoms with Gasteiger partial charge in [0.1, 0.15) is 10.8 Å². The number of hydrogen-bond donors (Lipinski definition) is 0. The van der Waals surface area contributed by atoms with Gasteiger partial charge < -0.3 is 9.47 Å². The van der Waals surface area contributed by atoms with Crippen molar-refractivity contribution in [2.45, 2.75) is 50.4 Å². The Morgan fingerprint density at radius 1 is 1.30 bits per heavy atom. The minimum absolute atomic E-state index is 0.0500. The number of fused-ring (bicyclic) bond motifs is 2. The van der Waals surface area contributed by atoms with Crippen LogP contribution >= 0.6 is 23.1 Å². The van der Waals surface area contributed by atoms with Gasteiger partial charge in [-0.05, 0) is 31.9 Å². The molecule has 0 fully saturated rings. The van der Waals surface area contributed by atoms with Gasteiger partial charge in [0.25, 0.3) is 0 Å². The van der Waals surface area contributed by atoms with Crippen molar-refractivity contribution in [3.8, 4) is 0 Å². The van der Waals surface area contributed by atoms with E-state index in [4.69, 9.17) is 0 Å². The fourth-order valence-electron chi connectivity index (χ4n) is 3.24. The molecule has 1 aliphatic heterocycles. The fourth-order valence-corrected chi connectivity index (χ4v) is 5.21. The summed E-state index contributed by atoms with van der Waals surface area (Å²) in [4.78, 5) is 19.2. The molecule has 1 atom stereocenters. The number of aromatic nitrogens is 4. The van der Waals surface area contributed by atoms with Crippen LogP contribution in [-0.2, 0) is 17.8 Å². The number of aryl methyl sites for hydroxylation is 1. The number of benzene rings is 1. The third kappa shape index (κ3) is 3.87. The molecule has 1 aromatic carbocycles. The Labute approximate surface area is 167 Å². The third-order valence-electron chi connectivity index (χ3n) is 5.04. The molecule has 3 heterocycles. The first kappa shape index (κ1) is 18.4. The van der Waals surface area contributed by atoms with E-state index in [0.717, 1.165) is 45.6 Å². The fraction of sp³-hybridized carbons (Fsp3) is 0.474. The molecule has 8 heteroatoms. The van der Waals surface area contributed by atoms with Gasteiger partial charge in [0.15, 0.2) is 5.16 Å². The monoisotopic (exact) mass is 401 g/mol. The molecule has 0 aliphatic carbocycles. The molecule has 2 aromatic heterocycles. The normalized spacial score (nSPS) is 15.3. The summed E-state index contributed by atoms with van der Waals surface area (Å²) in [5.41, 5.74) is 0.991. The van der Waals surface area contributed by atoms with E-state index >= 15 is 0 Å². The van der Waals surface area contributed by atoms with Crippen LogP contribution in [0.2, 0.25) is 0 Å². The van der Waals surface area contributed by atoms with Crippen LogP contribution in [0.5, 0.6) is 0 Å². The predicted molar refractivity (Wildman–Crippen MR) is 109 cm³/mol. The van der Waals surface area contributed by atoms with Crippen molar-refractivity contribution in [2.24, 2.45) is 0 Å². The van der Waals surface area contributed by atoms with E-state index in [-0.39, 0.29) is 11.9 Å². The molecule has 0 unspecified atom stereocenters. The average molecular weight is 402 g/mol. The molecular weight excluding hydrogens is 378 g/mol. The highest BCUT2D eigenvalue weighted by Gasteiger charge is 2.22. The van der Waals surface area contributed by atoms with Crippen LogP contribution in [0.25, 0.3) is 10.2 Å². The van der Waals surface area contributed by atoms with Crippen LogP contribution in [0.4, 0.5) is 0 Å². The van der Waals surface area contributed by atoms with Crippen molar-refractivity contribution < 1.29 is 4.79 Å². The first-order chi connectivity index (χ1) is 13.1. The zero-order chi connectivity index (χ0) is 18.8. The second-order valence-electron chi connectivity index (χ2n) is 6.85. The molecule has 0 saturated carbocycles. The highest BCUT2D eigenvalue weighted by atomic mass is 32.2. The average Bonchev–Trinajstić information content (AvgIpc) is 3.21. The maximum absolute atomic E-state index is 12.7. The Morgan fingerprint density at radius 3 is 3.00 bits per heavy atom. The molecular formula is C19H23N5OS2. The van der Waals surface area contributed by atoms with Gasteiger partial charge in [-0.3, -0.25) is 4.79 Å². The van der Waals surface area contributed by atoms with Crippen LogP contribution in [0, 0.1) is 0 Å². The number of nitrogens with zero attached hydrogens (tertiary/aromatic N) is 5. The van der Waals surface area contributed by atoms with Gasteiger partial charge in [-0.15, -0.1) is 21.5 Å². The lowest BCUT2D eigenvalue weighted by molar-refractivity contribution is -0.128. The molecule has 142 valence electrons. The lowest BCUT2D eigenvalue weighted by atomic mass is 10.2. The predicted octanol–water partition coefficient (Wildman–Crippen LogP) is 3.93. The number of para-hydroxylation sites is 1. The molecule has 6 nitrogen and oxygen atoms in total. The lowest BCUT2D eigenvalue weighted by Gasteiger charge is -2.23. The molecule has 1 aliphatic rings. The molecule has 4 rings (SSSR count). The van der Waals surface area contributed by atoms with Crippen LogP contribution < -0.4 is 0 Å². The standard InChI is InChI=1S/C19H23N5OS2/c1-13(18-20-14-8-5-6-9-15(14)27-18)23(2)17(25)12-26-19-22-21-16-10-4-3-7-11-24(16)19/h5-6,8-9,13H,3-4,7,10-12H2,1-2H3/t13-/m0/s1. The maximum Gasteiger partial charge on any atom is 0.233 e. The largest absolute Gasteiger partial charge is 0.336 e. The number of thiazole rings is 1. The van der Waals surface area contributed by atoms with Gasteiger partial charge in [0.2, 0.25) is 5.91 Å².